The summed E-state index contributed by atoms with van der Waals surface area (Å²) in [6, 6.07) is 5.87. The van der Waals surface area contributed by atoms with Crippen LogP contribution in [0.4, 0.5) is 5.69 Å². The van der Waals surface area contributed by atoms with E-state index in [0.29, 0.717) is 22.2 Å². The highest BCUT2D eigenvalue weighted by Crippen LogP contribution is 2.41. The molecular weight excluding hydrogens is 286 g/mol. The highest BCUT2D eigenvalue weighted by atomic mass is 35.5. The Morgan fingerprint density at radius 2 is 2.19 bits per heavy atom. The van der Waals surface area contributed by atoms with Crippen molar-refractivity contribution in [2.24, 2.45) is 5.41 Å². The zero-order valence-electron chi connectivity index (χ0n) is 12.4. The van der Waals surface area contributed by atoms with Gasteiger partial charge >= 0.3 is 0 Å². The van der Waals surface area contributed by atoms with Crippen molar-refractivity contribution in [3.05, 3.63) is 23.2 Å². The predicted molar refractivity (Wildman–Crippen MR) is 84.0 cm³/mol. The van der Waals surface area contributed by atoms with Crippen LogP contribution in [0.1, 0.15) is 45.6 Å². The molecule has 1 heterocycles. The van der Waals surface area contributed by atoms with Crippen molar-refractivity contribution in [2.75, 3.05) is 5.73 Å². The SMILES string of the molecule is CC1(C)CCCC(n2nnnc2-c2ccc(Cl)c(N)c2)C1. The fourth-order valence-corrected chi connectivity index (χ4v) is 3.30. The molecule has 1 atom stereocenters. The van der Waals surface area contributed by atoms with Crippen molar-refractivity contribution in [3.63, 3.8) is 0 Å². The van der Waals surface area contributed by atoms with E-state index in [9.17, 15) is 0 Å². The van der Waals surface area contributed by atoms with Crippen LogP contribution in [0, 0.1) is 5.41 Å². The maximum absolute atomic E-state index is 5.98. The van der Waals surface area contributed by atoms with Crippen molar-refractivity contribution in [1.82, 2.24) is 20.2 Å². The molecule has 0 saturated heterocycles. The van der Waals surface area contributed by atoms with E-state index in [2.05, 4.69) is 29.4 Å². The minimum Gasteiger partial charge on any atom is -0.398 e. The highest BCUT2D eigenvalue weighted by molar-refractivity contribution is 6.33. The third kappa shape index (κ3) is 2.88. The first kappa shape index (κ1) is 14.3. The van der Waals surface area contributed by atoms with Crippen molar-refractivity contribution < 1.29 is 0 Å². The van der Waals surface area contributed by atoms with Gasteiger partial charge in [0, 0.05) is 5.56 Å². The van der Waals surface area contributed by atoms with Crippen molar-refractivity contribution >= 4 is 17.3 Å². The molecule has 1 aromatic heterocycles. The summed E-state index contributed by atoms with van der Waals surface area (Å²) in [6.45, 7) is 4.62. The number of aromatic nitrogens is 4. The number of hydrogen-bond acceptors (Lipinski definition) is 4. The largest absolute Gasteiger partial charge is 0.398 e. The van der Waals surface area contributed by atoms with Crippen LogP contribution in [0.5, 0.6) is 0 Å². The van der Waals surface area contributed by atoms with Gasteiger partial charge in [0.2, 0.25) is 0 Å². The average molecular weight is 306 g/mol. The lowest BCUT2D eigenvalue weighted by Gasteiger charge is -2.35. The molecular formula is C15H20ClN5. The second-order valence-electron chi connectivity index (χ2n) is 6.60. The molecule has 0 radical (unpaired) electrons. The smallest absolute Gasteiger partial charge is 0.182 e. The fourth-order valence-electron chi connectivity index (χ4n) is 3.18. The molecule has 1 aromatic carbocycles. The van der Waals surface area contributed by atoms with Gasteiger partial charge in [0.05, 0.1) is 16.8 Å². The van der Waals surface area contributed by atoms with Gasteiger partial charge in [-0.3, -0.25) is 0 Å². The zero-order chi connectivity index (χ0) is 15.0. The molecule has 1 saturated carbocycles. The number of hydrogen-bond donors (Lipinski definition) is 1. The van der Waals surface area contributed by atoms with E-state index < -0.39 is 0 Å². The molecule has 112 valence electrons. The number of benzene rings is 1. The van der Waals surface area contributed by atoms with Crippen LogP contribution < -0.4 is 5.73 Å². The van der Waals surface area contributed by atoms with Crippen LogP contribution in [0.25, 0.3) is 11.4 Å². The Hall–Kier alpha value is -1.62. The number of tetrazole rings is 1. The number of rotatable bonds is 2. The summed E-state index contributed by atoms with van der Waals surface area (Å²) in [5.41, 5.74) is 7.68. The van der Waals surface area contributed by atoms with E-state index in [1.54, 1.807) is 6.07 Å². The Bertz CT molecular complexity index is 649. The maximum atomic E-state index is 5.98. The first-order valence-electron chi connectivity index (χ1n) is 7.29. The molecule has 0 spiro atoms. The van der Waals surface area contributed by atoms with Crippen molar-refractivity contribution in [3.8, 4) is 11.4 Å². The van der Waals surface area contributed by atoms with E-state index in [0.717, 1.165) is 24.2 Å². The standard InChI is InChI=1S/C15H20ClN5/c1-15(2)7-3-4-11(9-15)21-14(18-19-20-21)10-5-6-12(16)13(17)8-10/h5-6,8,11H,3-4,7,9,17H2,1-2H3. The summed E-state index contributed by atoms with van der Waals surface area (Å²) in [5.74, 6) is 0.765. The Labute approximate surface area is 129 Å². The summed E-state index contributed by atoms with van der Waals surface area (Å²) < 4.78 is 1.95. The Kier molecular flexibility index (Phi) is 3.61. The molecule has 0 amide bonds. The molecule has 1 fully saturated rings. The molecule has 2 aromatic rings. The molecule has 6 heteroatoms. The number of anilines is 1. The number of nitrogen functional groups attached to an aromatic ring is 1. The van der Waals surface area contributed by atoms with Gasteiger partial charge in [-0.1, -0.05) is 31.9 Å². The van der Waals surface area contributed by atoms with Crippen LogP contribution in [-0.4, -0.2) is 20.2 Å². The molecule has 2 N–H and O–H groups in total. The zero-order valence-corrected chi connectivity index (χ0v) is 13.1. The lowest BCUT2D eigenvalue weighted by molar-refractivity contribution is 0.174. The third-order valence-corrected chi connectivity index (χ3v) is 4.62. The van der Waals surface area contributed by atoms with Gasteiger partial charge in [-0.05, 0) is 53.3 Å². The Morgan fingerprint density at radius 1 is 1.38 bits per heavy atom. The average Bonchev–Trinajstić information content (AvgIpc) is 2.90. The van der Waals surface area contributed by atoms with Gasteiger partial charge in [0.1, 0.15) is 0 Å². The van der Waals surface area contributed by atoms with Crippen LogP contribution in [0.3, 0.4) is 0 Å². The van der Waals surface area contributed by atoms with Gasteiger partial charge in [-0.2, -0.15) is 0 Å². The quantitative estimate of drug-likeness (QED) is 0.859. The van der Waals surface area contributed by atoms with Gasteiger partial charge < -0.3 is 5.73 Å². The molecule has 21 heavy (non-hydrogen) atoms. The maximum Gasteiger partial charge on any atom is 0.182 e. The van der Waals surface area contributed by atoms with E-state index >= 15 is 0 Å². The topological polar surface area (TPSA) is 69.6 Å². The van der Waals surface area contributed by atoms with Crippen LogP contribution in [0.2, 0.25) is 5.02 Å². The predicted octanol–water partition coefficient (Wildman–Crippen LogP) is 3.72. The Morgan fingerprint density at radius 3 is 2.90 bits per heavy atom. The lowest BCUT2D eigenvalue weighted by atomic mass is 9.75. The molecule has 3 rings (SSSR count). The van der Waals surface area contributed by atoms with E-state index in [-0.39, 0.29) is 0 Å². The summed E-state index contributed by atoms with van der Waals surface area (Å²) in [4.78, 5) is 0. The third-order valence-electron chi connectivity index (χ3n) is 4.27. The van der Waals surface area contributed by atoms with E-state index in [4.69, 9.17) is 17.3 Å². The van der Waals surface area contributed by atoms with Gasteiger partial charge in [0.15, 0.2) is 5.82 Å². The molecule has 1 aliphatic rings. The second kappa shape index (κ2) is 5.30. The van der Waals surface area contributed by atoms with Gasteiger partial charge in [-0.15, -0.1) is 5.10 Å². The minimum absolute atomic E-state index is 0.338. The molecule has 5 nitrogen and oxygen atoms in total. The molecule has 0 bridgehead atoms. The van der Waals surface area contributed by atoms with Gasteiger partial charge in [0.25, 0.3) is 0 Å². The first-order chi connectivity index (χ1) is 9.96. The molecule has 1 unspecified atom stereocenters. The van der Waals surface area contributed by atoms with Crippen LogP contribution >= 0.6 is 11.6 Å². The normalized spacial score (nSPS) is 21.4. The summed E-state index contributed by atoms with van der Waals surface area (Å²) in [6.07, 6.45) is 4.67. The number of nitrogens with two attached hydrogens (primary N) is 1. The van der Waals surface area contributed by atoms with Crippen LogP contribution in [-0.2, 0) is 0 Å². The van der Waals surface area contributed by atoms with E-state index in [1.807, 2.05) is 16.8 Å². The van der Waals surface area contributed by atoms with Crippen molar-refractivity contribution in [1.29, 1.82) is 0 Å². The summed E-state index contributed by atoms with van der Waals surface area (Å²) in [5, 5.41) is 12.8. The lowest BCUT2D eigenvalue weighted by Crippen LogP contribution is -2.26. The monoisotopic (exact) mass is 305 g/mol. The first-order valence-corrected chi connectivity index (χ1v) is 7.67. The van der Waals surface area contributed by atoms with E-state index in [1.165, 1.54) is 12.8 Å². The van der Waals surface area contributed by atoms with Gasteiger partial charge in [-0.25, -0.2) is 4.68 Å². The molecule has 0 aliphatic heterocycles. The summed E-state index contributed by atoms with van der Waals surface area (Å²) in [7, 11) is 0. The van der Waals surface area contributed by atoms with Crippen molar-refractivity contribution in [2.45, 2.75) is 45.6 Å². The van der Waals surface area contributed by atoms with Crippen LogP contribution in [0.15, 0.2) is 18.2 Å². The molecule has 1 aliphatic carbocycles. The second-order valence-corrected chi connectivity index (χ2v) is 7.00. The number of nitrogens with zero attached hydrogens (tertiary/aromatic N) is 4. The highest BCUT2D eigenvalue weighted by Gasteiger charge is 2.31. The Balaban J connectivity index is 1.95. The number of halogens is 1. The minimum atomic E-state index is 0.338. The summed E-state index contributed by atoms with van der Waals surface area (Å²) >= 11 is 5.98. The fraction of sp³-hybridized carbons (Fsp3) is 0.533.